The van der Waals surface area contributed by atoms with Crippen molar-refractivity contribution in [1.82, 2.24) is 0 Å². The number of thioether (sulfide) groups is 1. The lowest BCUT2D eigenvalue weighted by molar-refractivity contribution is 0.0992. The Kier molecular flexibility index (Phi) is 5.09. The van der Waals surface area contributed by atoms with Crippen molar-refractivity contribution in [3.63, 3.8) is 0 Å². The average molecular weight is 306 g/mol. The van der Waals surface area contributed by atoms with Gasteiger partial charge in [0.1, 0.15) is 5.00 Å². The molecular weight excluding hydrogens is 288 g/mol. The zero-order valence-electron chi connectivity index (χ0n) is 11.6. The Morgan fingerprint density at radius 2 is 2.05 bits per heavy atom. The molecular formula is C15H18N2OS2. The molecule has 0 unspecified atom stereocenters. The topological polar surface area (TPSA) is 55.1 Å². The summed E-state index contributed by atoms with van der Waals surface area (Å²) in [5, 5.41) is 4.37. The number of hydrogen-bond donors (Lipinski definition) is 2. The first-order valence-electron chi connectivity index (χ1n) is 6.44. The number of hydrogen-bond acceptors (Lipinski definition) is 5. The van der Waals surface area contributed by atoms with Crippen molar-refractivity contribution in [2.24, 2.45) is 0 Å². The summed E-state index contributed by atoms with van der Waals surface area (Å²) in [5.41, 5.74) is 7.91. The van der Waals surface area contributed by atoms with E-state index in [1.807, 2.05) is 31.4 Å². The maximum Gasteiger partial charge on any atom is 0.174 e. The van der Waals surface area contributed by atoms with Crippen molar-refractivity contribution in [1.29, 1.82) is 0 Å². The Bertz CT molecular complexity index is 593. The first-order valence-corrected chi connectivity index (χ1v) is 8.48. The van der Waals surface area contributed by atoms with Crippen LogP contribution in [-0.4, -0.2) is 12.0 Å². The highest BCUT2D eigenvalue weighted by atomic mass is 32.2. The quantitative estimate of drug-likeness (QED) is 0.618. The maximum absolute atomic E-state index is 11.9. The third kappa shape index (κ3) is 3.16. The number of ketones is 1. The van der Waals surface area contributed by atoms with Gasteiger partial charge in [0.05, 0.1) is 15.5 Å². The van der Waals surface area contributed by atoms with Crippen LogP contribution in [0.15, 0.2) is 35.2 Å². The lowest BCUT2D eigenvalue weighted by Gasteiger charge is -2.06. The number of carbonyl (C=O) groups excluding carboxylic acids is 1. The second kappa shape index (κ2) is 6.81. The SMILES string of the molecule is CCC(=O)c1sc(NCc2ccccc2)c(SC)c1N. The molecule has 20 heavy (non-hydrogen) atoms. The summed E-state index contributed by atoms with van der Waals surface area (Å²) in [5.74, 6) is 0.107. The molecule has 0 bridgehead atoms. The van der Waals surface area contributed by atoms with Crippen molar-refractivity contribution in [2.45, 2.75) is 24.8 Å². The minimum Gasteiger partial charge on any atom is -0.396 e. The van der Waals surface area contributed by atoms with Crippen LogP contribution >= 0.6 is 23.1 Å². The van der Waals surface area contributed by atoms with Crippen LogP contribution < -0.4 is 11.1 Å². The van der Waals surface area contributed by atoms with Crippen molar-refractivity contribution < 1.29 is 4.79 Å². The van der Waals surface area contributed by atoms with Gasteiger partial charge in [-0.2, -0.15) is 0 Å². The monoisotopic (exact) mass is 306 g/mol. The van der Waals surface area contributed by atoms with E-state index in [1.165, 1.54) is 16.9 Å². The first-order chi connectivity index (χ1) is 9.67. The van der Waals surface area contributed by atoms with E-state index in [2.05, 4.69) is 17.4 Å². The van der Waals surface area contributed by atoms with E-state index in [1.54, 1.807) is 11.8 Å². The fourth-order valence-electron chi connectivity index (χ4n) is 1.89. The van der Waals surface area contributed by atoms with Gasteiger partial charge in [-0.25, -0.2) is 0 Å². The van der Waals surface area contributed by atoms with Gasteiger partial charge in [0.2, 0.25) is 0 Å². The average Bonchev–Trinajstić information content (AvgIpc) is 2.81. The van der Waals surface area contributed by atoms with Gasteiger partial charge in [-0.05, 0) is 11.8 Å². The number of nitrogens with two attached hydrogens (primary N) is 1. The van der Waals surface area contributed by atoms with Crippen molar-refractivity contribution in [2.75, 3.05) is 17.3 Å². The Morgan fingerprint density at radius 3 is 2.65 bits per heavy atom. The van der Waals surface area contributed by atoms with Crippen molar-refractivity contribution in [3.8, 4) is 0 Å². The summed E-state index contributed by atoms with van der Waals surface area (Å²) in [6, 6.07) is 10.2. The van der Waals surface area contributed by atoms with Gasteiger partial charge in [0, 0.05) is 13.0 Å². The molecule has 0 aliphatic rings. The van der Waals surface area contributed by atoms with Crippen molar-refractivity contribution in [3.05, 3.63) is 40.8 Å². The van der Waals surface area contributed by atoms with Crippen LogP contribution in [0.1, 0.15) is 28.6 Å². The predicted octanol–water partition coefficient (Wildman–Crippen LogP) is 4.26. The molecule has 0 amide bonds. The van der Waals surface area contributed by atoms with Gasteiger partial charge >= 0.3 is 0 Å². The molecule has 0 aliphatic carbocycles. The van der Waals surface area contributed by atoms with E-state index < -0.39 is 0 Å². The minimum absolute atomic E-state index is 0.107. The molecule has 0 saturated heterocycles. The number of nitrogens with one attached hydrogen (secondary N) is 1. The van der Waals surface area contributed by atoms with Gasteiger partial charge in [0.25, 0.3) is 0 Å². The molecule has 0 atom stereocenters. The third-order valence-electron chi connectivity index (χ3n) is 2.97. The fourth-order valence-corrected chi connectivity index (χ4v) is 3.93. The summed E-state index contributed by atoms with van der Waals surface area (Å²) >= 11 is 3.03. The van der Waals surface area contributed by atoms with Crippen LogP contribution in [0.2, 0.25) is 0 Å². The van der Waals surface area contributed by atoms with Gasteiger partial charge in [-0.3, -0.25) is 4.79 Å². The van der Waals surface area contributed by atoms with Crippen molar-refractivity contribution >= 4 is 39.6 Å². The lowest BCUT2D eigenvalue weighted by Crippen LogP contribution is -1.99. The molecule has 0 spiro atoms. The zero-order chi connectivity index (χ0) is 14.5. The minimum atomic E-state index is 0.107. The molecule has 3 nitrogen and oxygen atoms in total. The fraction of sp³-hybridized carbons (Fsp3) is 0.267. The number of Topliss-reactive ketones (excluding diaryl/α,β-unsaturated/α-hetero) is 1. The van der Waals surface area contributed by atoms with E-state index in [9.17, 15) is 4.79 Å². The van der Waals surface area contributed by atoms with Gasteiger partial charge in [0.15, 0.2) is 5.78 Å². The highest BCUT2D eigenvalue weighted by molar-refractivity contribution is 7.99. The van der Waals surface area contributed by atoms with Crippen LogP contribution in [0.25, 0.3) is 0 Å². The first kappa shape index (κ1) is 14.9. The normalized spacial score (nSPS) is 10.5. The number of nitrogen functional groups attached to an aromatic ring is 1. The summed E-state index contributed by atoms with van der Waals surface area (Å²) < 4.78 is 0. The summed E-state index contributed by atoms with van der Waals surface area (Å²) in [7, 11) is 0. The standard InChI is InChI=1S/C15H18N2OS2/c1-3-11(18)13-12(16)14(19-2)15(20-13)17-9-10-7-5-4-6-8-10/h4-8,17H,3,9,16H2,1-2H3. The van der Waals surface area contributed by atoms with Crippen LogP contribution in [0, 0.1) is 0 Å². The largest absolute Gasteiger partial charge is 0.396 e. The van der Waals surface area contributed by atoms with Crippen LogP contribution in [0.5, 0.6) is 0 Å². The van der Waals surface area contributed by atoms with Crippen LogP contribution in [-0.2, 0) is 6.54 Å². The molecule has 0 fully saturated rings. The number of benzene rings is 1. The Labute approximate surface area is 127 Å². The third-order valence-corrected chi connectivity index (χ3v) is 5.14. The number of carbonyl (C=O) groups is 1. The molecule has 2 rings (SSSR count). The van der Waals surface area contributed by atoms with Crippen LogP contribution in [0.3, 0.4) is 0 Å². The molecule has 3 N–H and O–H groups in total. The van der Waals surface area contributed by atoms with Gasteiger partial charge < -0.3 is 11.1 Å². The molecule has 5 heteroatoms. The lowest BCUT2D eigenvalue weighted by atomic mass is 10.2. The van der Waals surface area contributed by atoms with E-state index in [0.29, 0.717) is 17.0 Å². The van der Waals surface area contributed by atoms with E-state index in [-0.39, 0.29) is 5.78 Å². The summed E-state index contributed by atoms with van der Waals surface area (Å²) in [6.45, 7) is 2.59. The van der Waals surface area contributed by atoms with E-state index in [0.717, 1.165) is 16.4 Å². The smallest absolute Gasteiger partial charge is 0.174 e. The Morgan fingerprint density at radius 1 is 1.35 bits per heavy atom. The van der Waals surface area contributed by atoms with Gasteiger partial charge in [-0.1, -0.05) is 37.3 Å². The number of thiophene rings is 1. The summed E-state index contributed by atoms with van der Waals surface area (Å²) in [4.78, 5) is 13.5. The second-order valence-corrected chi connectivity index (χ2v) is 6.16. The van der Waals surface area contributed by atoms with E-state index in [4.69, 9.17) is 5.73 Å². The number of rotatable bonds is 6. The highest BCUT2D eigenvalue weighted by Crippen LogP contribution is 2.42. The Balaban J connectivity index is 2.21. The predicted molar refractivity (Wildman–Crippen MR) is 88.9 cm³/mol. The molecule has 1 aromatic heterocycles. The highest BCUT2D eigenvalue weighted by Gasteiger charge is 2.19. The molecule has 1 heterocycles. The van der Waals surface area contributed by atoms with Crippen LogP contribution in [0.4, 0.5) is 10.7 Å². The zero-order valence-corrected chi connectivity index (χ0v) is 13.2. The molecule has 1 aromatic carbocycles. The molecule has 0 saturated carbocycles. The molecule has 106 valence electrons. The van der Waals surface area contributed by atoms with E-state index >= 15 is 0 Å². The Hall–Kier alpha value is -1.46. The summed E-state index contributed by atoms with van der Waals surface area (Å²) in [6.07, 6.45) is 2.46. The second-order valence-electron chi connectivity index (χ2n) is 4.32. The molecule has 0 radical (unpaired) electrons. The molecule has 0 aliphatic heterocycles. The number of anilines is 2. The van der Waals surface area contributed by atoms with Gasteiger partial charge in [-0.15, -0.1) is 23.1 Å². The maximum atomic E-state index is 11.9. The molecule has 2 aromatic rings.